The molecule has 3 aliphatic rings. The largest absolute Gasteiger partial charge is 0.478 e. The number of hydrogen-bond donors (Lipinski definition) is 1. The molecule has 14 heteroatoms. The molecule has 1 saturated carbocycles. The zero-order valence-electron chi connectivity index (χ0n) is 24.3. The molecule has 2 aromatic heterocycles. The van der Waals surface area contributed by atoms with Crippen molar-refractivity contribution in [2.75, 3.05) is 0 Å². The molecule has 238 valence electrons. The first kappa shape index (κ1) is 30.5. The lowest BCUT2D eigenvalue weighted by Gasteiger charge is -2.27. The van der Waals surface area contributed by atoms with E-state index in [1.54, 1.807) is 4.90 Å². The van der Waals surface area contributed by atoms with Crippen molar-refractivity contribution >= 4 is 40.7 Å². The van der Waals surface area contributed by atoms with Gasteiger partial charge in [-0.3, -0.25) is 9.59 Å². The zero-order valence-corrected chi connectivity index (χ0v) is 25.8. The molecule has 0 unspecified atom stereocenters. The van der Waals surface area contributed by atoms with Gasteiger partial charge in [-0.25, -0.2) is 14.2 Å². The lowest BCUT2D eigenvalue weighted by molar-refractivity contribution is -0.160. The molecule has 2 aromatic carbocycles. The molecular weight excluding hydrogens is 648 g/mol. The van der Waals surface area contributed by atoms with Gasteiger partial charge in [0.05, 0.1) is 56.7 Å². The van der Waals surface area contributed by atoms with Crippen molar-refractivity contribution in [3.05, 3.63) is 90.8 Å². The average molecular weight is 673 g/mol. The summed E-state index contributed by atoms with van der Waals surface area (Å²) >= 11 is 7.96. The first-order valence-corrected chi connectivity index (χ1v) is 15.8. The van der Waals surface area contributed by atoms with Crippen molar-refractivity contribution in [2.45, 2.75) is 63.7 Å². The van der Waals surface area contributed by atoms with Crippen LogP contribution in [0, 0.1) is 18.7 Å². The molecule has 4 aromatic rings. The number of carboxylic acids is 1. The van der Waals surface area contributed by atoms with E-state index in [4.69, 9.17) is 11.6 Å². The SMILES string of the molecule is Cc1nc2c(s1)CN(C(=O)[C@H]1CCc3c(-c4ccc(C(=O)O)cc4F)nn(C(=O)c4c(Cl)cccc4C4(C(F)(F)F)CC4)c3C1)C2. The van der Waals surface area contributed by atoms with Crippen molar-refractivity contribution in [3.63, 3.8) is 0 Å². The summed E-state index contributed by atoms with van der Waals surface area (Å²) < 4.78 is 59.1. The number of fused-ring (bicyclic) bond motifs is 2. The normalized spacial score (nSPS) is 18.3. The summed E-state index contributed by atoms with van der Waals surface area (Å²) in [6.07, 6.45) is -4.41. The van der Waals surface area contributed by atoms with Crippen LogP contribution in [-0.4, -0.2) is 48.7 Å². The number of amides is 1. The number of aromatic nitrogens is 3. The van der Waals surface area contributed by atoms with Crippen LogP contribution in [-0.2, 0) is 36.1 Å². The van der Waals surface area contributed by atoms with Gasteiger partial charge in [0.25, 0.3) is 5.91 Å². The number of rotatable bonds is 5. The Morgan fingerprint density at radius 1 is 1.13 bits per heavy atom. The third kappa shape index (κ3) is 4.82. The summed E-state index contributed by atoms with van der Waals surface area (Å²) in [5.74, 6) is -3.87. The highest BCUT2D eigenvalue weighted by Gasteiger charge is 2.65. The van der Waals surface area contributed by atoms with Crippen LogP contribution in [0.2, 0.25) is 5.02 Å². The van der Waals surface area contributed by atoms with Crippen molar-refractivity contribution in [1.29, 1.82) is 0 Å². The van der Waals surface area contributed by atoms with Crippen molar-refractivity contribution in [1.82, 2.24) is 19.7 Å². The number of aromatic carboxylic acids is 1. The average Bonchev–Trinajstić information content (AvgIpc) is 3.47. The second-order valence-electron chi connectivity index (χ2n) is 12.0. The van der Waals surface area contributed by atoms with Crippen molar-refractivity contribution in [2.24, 2.45) is 5.92 Å². The molecule has 8 nitrogen and oxygen atoms in total. The molecule has 0 saturated heterocycles. The Labute approximate surface area is 268 Å². The highest BCUT2D eigenvalue weighted by Crippen LogP contribution is 2.60. The fourth-order valence-corrected chi connectivity index (χ4v) is 7.92. The maximum absolute atomic E-state index is 15.4. The van der Waals surface area contributed by atoms with E-state index in [2.05, 4.69) is 10.1 Å². The molecule has 0 bridgehead atoms. The van der Waals surface area contributed by atoms with E-state index in [0.29, 0.717) is 25.1 Å². The van der Waals surface area contributed by atoms with Gasteiger partial charge in [0.1, 0.15) is 5.82 Å². The molecule has 7 rings (SSSR count). The van der Waals surface area contributed by atoms with Crippen molar-refractivity contribution < 1.29 is 37.1 Å². The minimum Gasteiger partial charge on any atom is -0.478 e. The summed E-state index contributed by atoms with van der Waals surface area (Å²) in [6, 6.07) is 7.23. The Hall–Kier alpha value is -4.10. The smallest absolute Gasteiger partial charge is 0.398 e. The molecular formula is C32H25ClF4N4O4S. The van der Waals surface area contributed by atoms with Crippen LogP contribution in [0.3, 0.4) is 0 Å². The number of carbonyl (C=O) groups is 3. The lowest BCUT2D eigenvalue weighted by atomic mass is 9.84. The number of carbonyl (C=O) groups excluding carboxylic acids is 2. The minimum atomic E-state index is -4.63. The van der Waals surface area contributed by atoms with Crippen LogP contribution in [0.5, 0.6) is 0 Å². The topological polar surface area (TPSA) is 105 Å². The summed E-state index contributed by atoms with van der Waals surface area (Å²) in [6.45, 7) is 2.67. The van der Waals surface area contributed by atoms with Crippen LogP contribution in [0.1, 0.15) is 72.4 Å². The Balaban J connectivity index is 1.31. The minimum absolute atomic E-state index is 0.0303. The number of hydrogen-bond acceptors (Lipinski definition) is 6. The number of benzene rings is 2. The van der Waals surface area contributed by atoms with E-state index in [0.717, 1.165) is 26.3 Å². The number of carboxylic acid groups (broad SMARTS) is 1. The maximum Gasteiger partial charge on any atom is 0.398 e. The van der Waals surface area contributed by atoms with Gasteiger partial charge >= 0.3 is 12.1 Å². The lowest BCUT2D eigenvalue weighted by Crippen LogP contribution is -2.36. The van der Waals surface area contributed by atoms with Crippen LogP contribution in [0.25, 0.3) is 11.3 Å². The Kier molecular flexibility index (Phi) is 7.13. The monoisotopic (exact) mass is 672 g/mol. The van der Waals surface area contributed by atoms with Crippen LogP contribution in [0.4, 0.5) is 17.6 Å². The predicted octanol–water partition coefficient (Wildman–Crippen LogP) is 6.74. The molecule has 3 heterocycles. The van der Waals surface area contributed by atoms with Crippen molar-refractivity contribution in [3.8, 4) is 11.3 Å². The molecule has 2 aliphatic carbocycles. The van der Waals surface area contributed by atoms with Gasteiger partial charge in [-0.1, -0.05) is 23.7 Å². The number of halogens is 5. The van der Waals surface area contributed by atoms with Crippen LogP contribution < -0.4 is 0 Å². The molecule has 0 spiro atoms. The zero-order chi connectivity index (χ0) is 32.7. The first-order chi connectivity index (χ1) is 21.8. The van der Waals surface area contributed by atoms with E-state index < -0.39 is 35.2 Å². The standard InChI is InChI=1S/C32H25ClF4N4O4S/c1-15-38-23-13-40(14-25(23)46-15)28(42)16-5-8-19-24(12-16)41(39-27(19)18-7-6-17(30(44)45)11-22(18)34)29(43)26-20(3-2-4-21(26)33)31(9-10-31)32(35,36)37/h2-4,6-7,11,16H,5,8-10,12-14H2,1H3,(H,44,45)/t16-/m0/s1. The second-order valence-corrected chi connectivity index (χ2v) is 13.7. The van der Waals surface area contributed by atoms with Crippen LogP contribution >= 0.6 is 22.9 Å². The Bertz CT molecular complexity index is 1940. The van der Waals surface area contributed by atoms with E-state index in [9.17, 15) is 32.7 Å². The fraction of sp³-hybridized carbons (Fsp3) is 0.344. The van der Waals surface area contributed by atoms with Gasteiger partial charge in [-0.15, -0.1) is 11.3 Å². The van der Waals surface area contributed by atoms with E-state index in [1.807, 2.05) is 6.92 Å². The van der Waals surface area contributed by atoms with Gasteiger partial charge < -0.3 is 10.0 Å². The Morgan fingerprint density at radius 2 is 1.89 bits per heavy atom. The molecule has 1 fully saturated rings. The van der Waals surface area contributed by atoms with Gasteiger partial charge in [-0.2, -0.15) is 23.0 Å². The molecule has 1 amide bonds. The van der Waals surface area contributed by atoms with Gasteiger partial charge in [0, 0.05) is 28.3 Å². The predicted molar refractivity (Wildman–Crippen MR) is 159 cm³/mol. The van der Waals surface area contributed by atoms with Crippen LogP contribution in [0.15, 0.2) is 36.4 Å². The fourth-order valence-electron chi connectivity index (χ4n) is 6.71. The highest BCUT2D eigenvalue weighted by molar-refractivity contribution is 7.11. The third-order valence-corrected chi connectivity index (χ3v) is 10.5. The second kappa shape index (κ2) is 10.7. The molecule has 1 N–H and O–H groups in total. The summed E-state index contributed by atoms with van der Waals surface area (Å²) in [4.78, 5) is 46.6. The Morgan fingerprint density at radius 3 is 2.54 bits per heavy atom. The number of nitrogens with zero attached hydrogens (tertiary/aromatic N) is 4. The van der Waals surface area contributed by atoms with Gasteiger partial charge in [0.2, 0.25) is 5.91 Å². The quantitative estimate of drug-likeness (QED) is 0.236. The number of thiazole rings is 1. The molecule has 0 radical (unpaired) electrons. The third-order valence-electron chi connectivity index (χ3n) is 9.19. The summed E-state index contributed by atoms with van der Waals surface area (Å²) in [5.41, 5.74) is -1.56. The molecule has 1 atom stereocenters. The van der Waals surface area contributed by atoms with Gasteiger partial charge in [0.15, 0.2) is 0 Å². The van der Waals surface area contributed by atoms with E-state index in [1.165, 1.54) is 41.7 Å². The van der Waals surface area contributed by atoms with E-state index in [-0.39, 0.29) is 70.3 Å². The van der Waals surface area contributed by atoms with Gasteiger partial charge in [-0.05, 0) is 62.4 Å². The molecule has 1 aliphatic heterocycles. The summed E-state index contributed by atoms with van der Waals surface area (Å²) in [5, 5.41) is 14.5. The highest BCUT2D eigenvalue weighted by atomic mass is 35.5. The summed E-state index contributed by atoms with van der Waals surface area (Å²) in [7, 11) is 0. The first-order valence-electron chi connectivity index (χ1n) is 14.6. The van der Waals surface area contributed by atoms with E-state index >= 15 is 4.39 Å². The number of aryl methyl sites for hydroxylation is 1. The maximum atomic E-state index is 15.4. The number of alkyl halides is 3. The molecule has 46 heavy (non-hydrogen) atoms.